The maximum Gasteiger partial charge on any atom is 0.259 e. The van der Waals surface area contributed by atoms with Gasteiger partial charge in [0, 0.05) is 17.9 Å². The summed E-state index contributed by atoms with van der Waals surface area (Å²) in [6.45, 7) is 3.44. The molecular formula is C24H23N3O3. The zero-order chi connectivity index (χ0) is 20.8. The molecule has 4 rings (SSSR count). The molecule has 0 spiro atoms. The largest absolute Gasteiger partial charge is 0.490 e. The van der Waals surface area contributed by atoms with Crippen molar-refractivity contribution in [3.05, 3.63) is 78.4 Å². The molecule has 152 valence electrons. The molecule has 0 bridgehead atoms. The molecule has 3 aromatic carbocycles. The maximum atomic E-state index is 12.8. The van der Waals surface area contributed by atoms with Gasteiger partial charge in [-0.05, 0) is 55.5 Å². The van der Waals surface area contributed by atoms with Gasteiger partial charge in [-0.1, -0.05) is 24.3 Å². The number of aromatic amines is 1. The minimum absolute atomic E-state index is 0.224. The Hall–Kier alpha value is -3.64. The number of para-hydroxylation sites is 3. The van der Waals surface area contributed by atoms with E-state index in [2.05, 4.69) is 15.3 Å². The van der Waals surface area contributed by atoms with Crippen LogP contribution in [-0.4, -0.2) is 35.7 Å². The van der Waals surface area contributed by atoms with Crippen LogP contribution in [-0.2, 0) is 4.74 Å². The van der Waals surface area contributed by atoms with Gasteiger partial charge in [0.2, 0.25) is 0 Å². The van der Waals surface area contributed by atoms with Crippen molar-refractivity contribution in [3.63, 3.8) is 0 Å². The predicted molar refractivity (Wildman–Crippen MR) is 118 cm³/mol. The van der Waals surface area contributed by atoms with Gasteiger partial charge in [-0.3, -0.25) is 4.79 Å². The van der Waals surface area contributed by atoms with E-state index in [0.29, 0.717) is 36.8 Å². The number of benzene rings is 3. The molecule has 0 unspecified atom stereocenters. The minimum Gasteiger partial charge on any atom is -0.490 e. The number of imidazole rings is 1. The summed E-state index contributed by atoms with van der Waals surface area (Å²) in [7, 11) is 0. The Labute approximate surface area is 174 Å². The highest BCUT2D eigenvalue weighted by Crippen LogP contribution is 2.23. The number of hydrogen-bond acceptors (Lipinski definition) is 4. The Morgan fingerprint density at radius 2 is 1.73 bits per heavy atom. The third-order valence-electron chi connectivity index (χ3n) is 4.63. The summed E-state index contributed by atoms with van der Waals surface area (Å²) >= 11 is 0. The molecule has 0 atom stereocenters. The first kappa shape index (κ1) is 19.7. The lowest BCUT2D eigenvalue weighted by Crippen LogP contribution is -2.15. The first-order valence-electron chi connectivity index (χ1n) is 9.90. The Kier molecular flexibility index (Phi) is 6.06. The predicted octanol–water partition coefficient (Wildman–Crippen LogP) is 4.90. The van der Waals surface area contributed by atoms with Crippen molar-refractivity contribution in [3.8, 4) is 17.1 Å². The fourth-order valence-electron chi connectivity index (χ4n) is 3.13. The molecule has 6 heteroatoms. The van der Waals surface area contributed by atoms with Crippen molar-refractivity contribution in [2.45, 2.75) is 6.92 Å². The number of carbonyl (C=O) groups excluding carboxylic acids is 1. The van der Waals surface area contributed by atoms with Crippen molar-refractivity contribution >= 4 is 22.6 Å². The van der Waals surface area contributed by atoms with Crippen molar-refractivity contribution in [1.29, 1.82) is 0 Å². The summed E-state index contributed by atoms with van der Waals surface area (Å²) in [4.78, 5) is 20.7. The lowest BCUT2D eigenvalue weighted by molar-refractivity contribution is 0.0998. The van der Waals surface area contributed by atoms with Crippen molar-refractivity contribution in [2.75, 3.05) is 25.1 Å². The molecule has 0 saturated carbocycles. The molecule has 0 aliphatic carbocycles. The Balaban J connectivity index is 1.45. The normalized spacial score (nSPS) is 10.8. The summed E-state index contributed by atoms with van der Waals surface area (Å²) in [6, 6.07) is 22.7. The van der Waals surface area contributed by atoms with Gasteiger partial charge in [-0.15, -0.1) is 0 Å². The summed E-state index contributed by atoms with van der Waals surface area (Å²) in [5, 5.41) is 2.92. The van der Waals surface area contributed by atoms with E-state index >= 15 is 0 Å². The van der Waals surface area contributed by atoms with E-state index in [0.717, 1.165) is 22.4 Å². The van der Waals surface area contributed by atoms with Crippen LogP contribution in [0.5, 0.6) is 5.75 Å². The molecule has 0 fully saturated rings. The van der Waals surface area contributed by atoms with Gasteiger partial charge < -0.3 is 19.8 Å². The number of nitrogens with zero attached hydrogens (tertiary/aromatic N) is 1. The first-order valence-corrected chi connectivity index (χ1v) is 9.90. The smallest absolute Gasteiger partial charge is 0.259 e. The number of hydrogen-bond donors (Lipinski definition) is 2. The second kappa shape index (κ2) is 9.24. The van der Waals surface area contributed by atoms with E-state index in [1.54, 1.807) is 12.1 Å². The number of amides is 1. The number of anilines is 1. The monoisotopic (exact) mass is 401 g/mol. The van der Waals surface area contributed by atoms with Crippen LogP contribution >= 0.6 is 0 Å². The van der Waals surface area contributed by atoms with Crippen LogP contribution in [0.2, 0.25) is 0 Å². The van der Waals surface area contributed by atoms with E-state index in [-0.39, 0.29) is 5.91 Å². The standard InChI is InChI=1S/C24H23N3O3/c1-2-29-15-16-30-22-10-6-3-7-19(22)24(28)25-18-13-11-17(12-14-18)23-26-20-8-4-5-9-21(20)27-23/h3-14H,2,15-16H2,1H3,(H,25,28)(H,26,27). The molecule has 0 radical (unpaired) electrons. The van der Waals surface area contributed by atoms with Crippen LogP contribution in [0.4, 0.5) is 5.69 Å². The van der Waals surface area contributed by atoms with E-state index < -0.39 is 0 Å². The highest BCUT2D eigenvalue weighted by Gasteiger charge is 2.13. The van der Waals surface area contributed by atoms with Crippen LogP contribution in [0, 0.1) is 0 Å². The Morgan fingerprint density at radius 1 is 0.967 bits per heavy atom. The molecule has 1 heterocycles. The third kappa shape index (κ3) is 4.50. The molecule has 0 aliphatic heterocycles. The van der Waals surface area contributed by atoms with E-state index in [4.69, 9.17) is 9.47 Å². The zero-order valence-corrected chi connectivity index (χ0v) is 16.7. The maximum absolute atomic E-state index is 12.8. The van der Waals surface area contributed by atoms with Gasteiger partial charge >= 0.3 is 0 Å². The number of carbonyl (C=O) groups is 1. The SMILES string of the molecule is CCOCCOc1ccccc1C(=O)Nc1ccc(-c2nc3ccccc3[nH]2)cc1. The van der Waals surface area contributed by atoms with Crippen LogP contribution in [0.15, 0.2) is 72.8 Å². The van der Waals surface area contributed by atoms with Crippen LogP contribution in [0.1, 0.15) is 17.3 Å². The van der Waals surface area contributed by atoms with Crippen LogP contribution < -0.4 is 10.1 Å². The van der Waals surface area contributed by atoms with Crippen molar-refractivity contribution in [2.24, 2.45) is 0 Å². The molecule has 0 aliphatic rings. The second-order valence-electron chi connectivity index (χ2n) is 6.68. The first-order chi connectivity index (χ1) is 14.7. The third-order valence-corrected chi connectivity index (χ3v) is 4.63. The number of fused-ring (bicyclic) bond motifs is 1. The molecule has 1 amide bonds. The Morgan fingerprint density at radius 3 is 2.53 bits per heavy atom. The van der Waals surface area contributed by atoms with Crippen LogP contribution in [0.3, 0.4) is 0 Å². The molecule has 0 saturated heterocycles. The number of rotatable bonds is 8. The molecular weight excluding hydrogens is 378 g/mol. The fraction of sp³-hybridized carbons (Fsp3) is 0.167. The average Bonchev–Trinajstić information content (AvgIpc) is 3.22. The van der Waals surface area contributed by atoms with Gasteiger partial charge in [0.1, 0.15) is 18.2 Å². The van der Waals surface area contributed by atoms with E-state index in [9.17, 15) is 4.79 Å². The van der Waals surface area contributed by atoms with E-state index in [1.165, 1.54) is 0 Å². The average molecular weight is 401 g/mol. The highest BCUT2D eigenvalue weighted by molar-refractivity contribution is 6.06. The number of nitrogens with one attached hydrogen (secondary N) is 2. The van der Waals surface area contributed by atoms with Gasteiger partial charge in [-0.25, -0.2) is 4.98 Å². The van der Waals surface area contributed by atoms with Gasteiger partial charge in [0.05, 0.1) is 23.2 Å². The number of H-pyrrole nitrogens is 1. The summed E-state index contributed by atoms with van der Waals surface area (Å²) in [5.74, 6) is 1.11. The number of aromatic nitrogens is 2. The summed E-state index contributed by atoms with van der Waals surface area (Å²) in [5.41, 5.74) is 4.04. The molecule has 4 aromatic rings. The van der Waals surface area contributed by atoms with E-state index in [1.807, 2.05) is 67.6 Å². The molecule has 2 N–H and O–H groups in total. The van der Waals surface area contributed by atoms with Crippen molar-refractivity contribution < 1.29 is 14.3 Å². The molecule has 1 aromatic heterocycles. The van der Waals surface area contributed by atoms with Gasteiger partial charge in [0.25, 0.3) is 5.91 Å². The molecule has 6 nitrogen and oxygen atoms in total. The second-order valence-corrected chi connectivity index (χ2v) is 6.68. The highest BCUT2D eigenvalue weighted by atomic mass is 16.5. The zero-order valence-electron chi connectivity index (χ0n) is 16.7. The topological polar surface area (TPSA) is 76.2 Å². The summed E-state index contributed by atoms with van der Waals surface area (Å²) < 4.78 is 11.0. The molecule has 30 heavy (non-hydrogen) atoms. The lowest BCUT2D eigenvalue weighted by atomic mass is 10.1. The minimum atomic E-state index is -0.224. The van der Waals surface area contributed by atoms with Crippen molar-refractivity contribution in [1.82, 2.24) is 9.97 Å². The van der Waals surface area contributed by atoms with Gasteiger partial charge in [0.15, 0.2) is 0 Å². The van der Waals surface area contributed by atoms with Crippen LogP contribution in [0.25, 0.3) is 22.4 Å². The Bertz CT molecular complexity index is 1100. The summed E-state index contributed by atoms with van der Waals surface area (Å²) in [6.07, 6.45) is 0. The number of ether oxygens (including phenoxy) is 2. The van der Waals surface area contributed by atoms with Gasteiger partial charge in [-0.2, -0.15) is 0 Å². The fourth-order valence-corrected chi connectivity index (χ4v) is 3.13. The quantitative estimate of drug-likeness (QED) is 0.412. The lowest BCUT2D eigenvalue weighted by Gasteiger charge is -2.12.